The van der Waals surface area contributed by atoms with Crippen molar-refractivity contribution in [1.82, 2.24) is 9.78 Å². The molecule has 0 atom stereocenters. The Morgan fingerprint density at radius 1 is 1.19 bits per heavy atom. The second-order valence-electron chi connectivity index (χ2n) is 5.65. The fraction of sp³-hybridized carbons (Fsp3) is 0.375. The average molecular weight is 287 g/mol. The molecule has 5 heteroatoms. The number of hydrogen-bond donors (Lipinski definition) is 2. The van der Waals surface area contributed by atoms with Gasteiger partial charge < -0.3 is 5.73 Å². The number of benzene rings is 1. The van der Waals surface area contributed by atoms with Gasteiger partial charge in [0.2, 0.25) is 5.43 Å². The predicted molar refractivity (Wildman–Crippen MR) is 84.2 cm³/mol. The normalized spacial score (nSPS) is 11.1. The van der Waals surface area contributed by atoms with Crippen LogP contribution in [0.3, 0.4) is 0 Å². The zero-order valence-corrected chi connectivity index (χ0v) is 12.6. The Bertz CT molecular complexity index is 740. The van der Waals surface area contributed by atoms with Crippen molar-refractivity contribution in [2.24, 2.45) is 11.7 Å². The number of aromatic nitrogens is 2. The van der Waals surface area contributed by atoms with E-state index in [4.69, 9.17) is 5.73 Å². The van der Waals surface area contributed by atoms with Gasteiger partial charge in [-0.1, -0.05) is 38.1 Å². The fourth-order valence-electron chi connectivity index (χ4n) is 2.25. The summed E-state index contributed by atoms with van der Waals surface area (Å²) in [5, 5.41) is 3.08. The molecule has 2 aromatic rings. The summed E-state index contributed by atoms with van der Waals surface area (Å²) in [6, 6.07) is 7.66. The molecule has 3 N–H and O–H groups in total. The van der Waals surface area contributed by atoms with Gasteiger partial charge in [0.25, 0.3) is 0 Å². The molecule has 0 saturated heterocycles. The summed E-state index contributed by atoms with van der Waals surface area (Å²) in [6.45, 7) is 6.64. The highest BCUT2D eigenvalue weighted by Crippen LogP contribution is 2.18. The molecule has 0 aliphatic heterocycles. The first-order valence-electron chi connectivity index (χ1n) is 7.07. The third-order valence-corrected chi connectivity index (χ3v) is 3.43. The summed E-state index contributed by atoms with van der Waals surface area (Å²) in [4.78, 5) is 24.1. The molecule has 0 bridgehead atoms. The molecule has 0 aliphatic rings. The number of nitrogens with two attached hydrogens (primary N) is 1. The van der Waals surface area contributed by atoms with Gasteiger partial charge in [-0.3, -0.25) is 14.7 Å². The Labute approximate surface area is 123 Å². The third kappa shape index (κ3) is 3.13. The van der Waals surface area contributed by atoms with E-state index in [-0.39, 0.29) is 5.92 Å². The number of hydrogen-bond acceptors (Lipinski definition) is 3. The summed E-state index contributed by atoms with van der Waals surface area (Å²) >= 11 is 0. The number of H-pyrrole nitrogens is 1. The Morgan fingerprint density at radius 3 is 2.33 bits per heavy atom. The molecule has 21 heavy (non-hydrogen) atoms. The summed E-state index contributed by atoms with van der Waals surface area (Å²) in [5.41, 5.74) is 7.67. The Kier molecular flexibility index (Phi) is 4.43. The van der Waals surface area contributed by atoms with Crippen LogP contribution >= 0.6 is 0 Å². The van der Waals surface area contributed by atoms with Gasteiger partial charge in [-0.05, 0) is 24.0 Å². The summed E-state index contributed by atoms with van der Waals surface area (Å²) in [6.07, 6.45) is 0. The van der Waals surface area contributed by atoms with E-state index in [9.17, 15) is 9.59 Å². The van der Waals surface area contributed by atoms with Gasteiger partial charge >= 0.3 is 5.56 Å². The van der Waals surface area contributed by atoms with Crippen LogP contribution in [0, 0.1) is 12.8 Å². The summed E-state index contributed by atoms with van der Waals surface area (Å²) < 4.78 is 1.40. The van der Waals surface area contributed by atoms with Crippen LogP contribution in [0.15, 0.2) is 33.9 Å². The van der Waals surface area contributed by atoms with E-state index in [1.165, 1.54) is 4.68 Å². The van der Waals surface area contributed by atoms with Crippen LogP contribution in [0.25, 0.3) is 11.3 Å². The lowest BCUT2D eigenvalue weighted by Crippen LogP contribution is -2.39. The number of nitrogens with zero attached hydrogens (tertiary/aromatic N) is 1. The molecule has 0 unspecified atom stereocenters. The first-order valence-corrected chi connectivity index (χ1v) is 7.07. The van der Waals surface area contributed by atoms with Crippen molar-refractivity contribution in [2.45, 2.75) is 33.9 Å². The molecule has 1 aromatic carbocycles. The molecule has 0 amide bonds. The van der Waals surface area contributed by atoms with Crippen molar-refractivity contribution >= 4 is 0 Å². The molecular weight excluding hydrogens is 266 g/mol. The van der Waals surface area contributed by atoms with Crippen LogP contribution in [-0.4, -0.2) is 9.78 Å². The van der Waals surface area contributed by atoms with Crippen LogP contribution in [0.4, 0.5) is 0 Å². The van der Waals surface area contributed by atoms with Crippen LogP contribution < -0.4 is 16.7 Å². The van der Waals surface area contributed by atoms with E-state index in [0.717, 1.165) is 11.1 Å². The highest BCUT2D eigenvalue weighted by Gasteiger charge is 2.12. The van der Waals surface area contributed by atoms with Gasteiger partial charge in [-0.2, -0.15) is 0 Å². The van der Waals surface area contributed by atoms with E-state index < -0.39 is 11.0 Å². The van der Waals surface area contributed by atoms with Crippen molar-refractivity contribution in [1.29, 1.82) is 0 Å². The lowest BCUT2D eigenvalue weighted by atomic mass is 10.1. The molecule has 2 rings (SSSR count). The van der Waals surface area contributed by atoms with E-state index in [1.807, 2.05) is 38.1 Å². The Balaban J connectivity index is 2.59. The molecular formula is C16H21N3O2. The van der Waals surface area contributed by atoms with Crippen molar-refractivity contribution in [3.05, 3.63) is 56.0 Å². The van der Waals surface area contributed by atoms with Crippen LogP contribution in [0.1, 0.15) is 25.0 Å². The van der Waals surface area contributed by atoms with E-state index in [1.54, 1.807) is 6.92 Å². The highest BCUT2D eigenvalue weighted by atomic mass is 16.2. The number of rotatable bonds is 4. The molecule has 0 fully saturated rings. The van der Waals surface area contributed by atoms with Crippen LogP contribution in [-0.2, 0) is 13.1 Å². The van der Waals surface area contributed by atoms with Crippen LogP contribution in [0.5, 0.6) is 0 Å². The highest BCUT2D eigenvalue weighted by molar-refractivity contribution is 5.62. The summed E-state index contributed by atoms with van der Waals surface area (Å²) in [5.74, 6) is 0.272. The monoisotopic (exact) mass is 287 g/mol. The van der Waals surface area contributed by atoms with Gasteiger partial charge in [0, 0.05) is 18.7 Å². The number of nitrogens with one attached hydrogen (secondary N) is 1. The van der Waals surface area contributed by atoms with Gasteiger partial charge in [0.1, 0.15) is 0 Å². The van der Waals surface area contributed by atoms with Crippen molar-refractivity contribution in [3.63, 3.8) is 0 Å². The molecule has 1 aromatic heterocycles. The fourth-order valence-corrected chi connectivity index (χ4v) is 2.25. The maximum atomic E-state index is 12.1. The minimum atomic E-state index is -0.497. The average Bonchev–Trinajstić information content (AvgIpc) is 2.47. The Hall–Kier alpha value is -2.14. The lowest BCUT2D eigenvalue weighted by Gasteiger charge is -2.13. The SMILES string of the molecule is Cc1c(-c2ccc(CN)cc2)[nH]n(CC(C)C)c(=O)c1=O. The van der Waals surface area contributed by atoms with Crippen LogP contribution in [0.2, 0.25) is 0 Å². The van der Waals surface area contributed by atoms with Crippen molar-refractivity contribution in [2.75, 3.05) is 0 Å². The molecule has 5 nitrogen and oxygen atoms in total. The molecule has 0 spiro atoms. The van der Waals surface area contributed by atoms with Gasteiger partial charge in [0.15, 0.2) is 0 Å². The second-order valence-corrected chi connectivity index (χ2v) is 5.65. The molecule has 1 heterocycles. The zero-order valence-electron chi connectivity index (χ0n) is 12.6. The minimum Gasteiger partial charge on any atom is -0.326 e. The maximum Gasteiger partial charge on any atom is 0.312 e. The second kappa shape index (κ2) is 6.10. The van der Waals surface area contributed by atoms with Crippen molar-refractivity contribution in [3.8, 4) is 11.3 Å². The first kappa shape index (κ1) is 15.3. The lowest BCUT2D eigenvalue weighted by molar-refractivity contribution is 0.462. The summed E-state index contributed by atoms with van der Waals surface area (Å²) in [7, 11) is 0. The largest absolute Gasteiger partial charge is 0.326 e. The smallest absolute Gasteiger partial charge is 0.312 e. The van der Waals surface area contributed by atoms with E-state index in [2.05, 4.69) is 5.10 Å². The molecule has 0 saturated carbocycles. The first-order chi connectivity index (χ1) is 9.93. The molecule has 112 valence electrons. The minimum absolute atomic E-state index is 0.272. The quantitative estimate of drug-likeness (QED) is 0.839. The van der Waals surface area contributed by atoms with Gasteiger partial charge in [0.05, 0.1) is 5.69 Å². The van der Waals surface area contributed by atoms with Gasteiger partial charge in [-0.15, -0.1) is 0 Å². The Morgan fingerprint density at radius 2 is 1.81 bits per heavy atom. The topological polar surface area (TPSA) is 80.9 Å². The van der Waals surface area contributed by atoms with E-state index in [0.29, 0.717) is 24.3 Å². The molecule has 0 aliphatic carbocycles. The van der Waals surface area contributed by atoms with E-state index >= 15 is 0 Å². The molecule has 0 radical (unpaired) electrons. The third-order valence-electron chi connectivity index (χ3n) is 3.43. The van der Waals surface area contributed by atoms with Crippen molar-refractivity contribution < 1.29 is 0 Å². The standard InChI is InChI=1S/C16H21N3O2/c1-10(2)9-19-16(21)15(20)11(3)14(18-19)13-6-4-12(8-17)5-7-13/h4-7,10,18H,8-9,17H2,1-3H3. The van der Waals surface area contributed by atoms with Gasteiger partial charge in [-0.25, -0.2) is 4.68 Å². The predicted octanol–water partition coefficient (Wildman–Crippen LogP) is 1.63. The zero-order chi connectivity index (χ0) is 15.6. The maximum absolute atomic E-state index is 12.1. The number of aromatic amines is 1.